The van der Waals surface area contributed by atoms with Crippen LogP contribution in [-0.2, 0) is 4.74 Å². The Hall–Kier alpha value is -2.38. The second-order valence-corrected chi connectivity index (χ2v) is 6.49. The van der Waals surface area contributed by atoms with E-state index in [-0.39, 0.29) is 11.7 Å². The number of nitrogens with one attached hydrogen (secondary N) is 1. The fourth-order valence-corrected chi connectivity index (χ4v) is 2.64. The Morgan fingerprint density at radius 2 is 2.30 bits per heavy atom. The molecule has 8 heteroatoms. The van der Waals surface area contributed by atoms with Gasteiger partial charge in [0.2, 0.25) is 0 Å². The highest BCUT2D eigenvalue weighted by Crippen LogP contribution is 2.32. The minimum absolute atomic E-state index is 0.00335. The molecule has 1 aromatic heterocycles. The molecule has 0 aliphatic carbocycles. The molecule has 1 atom stereocenters. The molecule has 1 N–H and O–H groups in total. The molecule has 0 radical (unpaired) electrons. The summed E-state index contributed by atoms with van der Waals surface area (Å²) in [4.78, 5) is 28.3. The van der Waals surface area contributed by atoms with E-state index in [9.17, 15) is 14.9 Å². The predicted molar refractivity (Wildman–Crippen MR) is 85.5 cm³/mol. The van der Waals surface area contributed by atoms with Crippen molar-refractivity contribution < 1.29 is 14.5 Å². The summed E-state index contributed by atoms with van der Waals surface area (Å²) in [5, 5.41) is 13.9. The van der Waals surface area contributed by atoms with Gasteiger partial charge in [0.05, 0.1) is 4.92 Å². The largest absolute Gasteiger partial charge is 0.444 e. The first-order valence-corrected chi connectivity index (χ1v) is 7.60. The molecule has 1 amide bonds. The fraction of sp³-hybridized carbons (Fsp3) is 0.600. The lowest BCUT2D eigenvalue weighted by Gasteiger charge is -2.27. The van der Waals surface area contributed by atoms with Crippen molar-refractivity contribution in [3.8, 4) is 0 Å². The summed E-state index contributed by atoms with van der Waals surface area (Å²) in [5.41, 5.74) is -0.0290. The molecule has 0 aromatic carbocycles. The van der Waals surface area contributed by atoms with Crippen LogP contribution in [0, 0.1) is 10.1 Å². The second kappa shape index (κ2) is 6.80. The van der Waals surface area contributed by atoms with E-state index in [2.05, 4.69) is 10.3 Å². The molecular weight excluding hydrogens is 300 g/mol. The second-order valence-electron chi connectivity index (χ2n) is 6.49. The number of anilines is 1. The molecule has 8 nitrogen and oxygen atoms in total. The van der Waals surface area contributed by atoms with Crippen LogP contribution in [0.15, 0.2) is 18.5 Å². The van der Waals surface area contributed by atoms with Crippen molar-refractivity contribution in [2.45, 2.75) is 45.3 Å². The number of aromatic nitrogens is 1. The van der Waals surface area contributed by atoms with Crippen molar-refractivity contribution >= 4 is 17.5 Å². The van der Waals surface area contributed by atoms with Gasteiger partial charge < -0.3 is 15.0 Å². The van der Waals surface area contributed by atoms with Gasteiger partial charge in [-0.3, -0.25) is 15.1 Å². The standard InChI is InChI=1S/C15H22N4O4/c1-15(2,3)23-14(20)17-9-11-5-4-8-18(11)12-6-7-16-10-13(12)19(21)22/h6-7,10-11H,4-5,8-9H2,1-3H3,(H,17,20). The summed E-state index contributed by atoms with van der Waals surface area (Å²) in [6, 6.07) is 1.65. The van der Waals surface area contributed by atoms with Crippen LogP contribution in [-0.4, -0.2) is 40.7 Å². The topological polar surface area (TPSA) is 97.6 Å². The number of nitrogens with zero attached hydrogens (tertiary/aromatic N) is 3. The monoisotopic (exact) mass is 322 g/mol. The Labute approximate surface area is 135 Å². The lowest BCUT2D eigenvalue weighted by atomic mass is 10.2. The SMILES string of the molecule is CC(C)(C)OC(=O)NCC1CCCN1c1ccncc1[N+](=O)[O-]. The Morgan fingerprint density at radius 3 is 2.96 bits per heavy atom. The van der Waals surface area contributed by atoms with Crippen molar-refractivity contribution in [3.63, 3.8) is 0 Å². The van der Waals surface area contributed by atoms with Crippen molar-refractivity contribution in [2.75, 3.05) is 18.0 Å². The van der Waals surface area contributed by atoms with Gasteiger partial charge in [-0.25, -0.2) is 4.79 Å². The van der Waals surface area contributed by atoms with E-state index in [1.54, 1.807) is 33.0 Å². The Bertz CT molecular complexity index is 585. The highest BCUT2D eigenvalue weighted by atomic mass is 16.6. The van der Waals surface area contributed by atoms with Gasteiger partial charge in [0.25, 0.3) is 0 Å². The molecule has 1 unspecified atom stereocenters. The molecular formula is C15H22N4O4. The summed E-state index contributed by atoms with van der Waals surface area (Å²) in [6.45, 7) is 6.50. The van der Waals surface area contributed by atoms with Gasteiger partial charge in [-0.15, -0.1) is 0 Å². The quantitative estimate of drug-likeness (QED) is 0.675. The highest BCUT2D eigenvalue weighted by molar-refractivity contribution is 5.68. The smallest absolute Gasteiger partial charge is 0.407 e. The van der Waals surface area contributed by atoms with E-state index >= 15 is 0 Å². The van der Waals surface area contributed by atoms with Crippen LogP contribution in [0.1, 0.15) is 33.6 Å². The third kappa shape index (κ3) is 4.54. The van der Waals surface area contributed by atoms with Gasteiger partial charge in [-0.2, -0.15) is 0 Å². The first-order valence-electron chi connectivity index (χ1n) is 7.60. The zero-order chi connectivity index (χ0) is 17.0. The summed E-state index contributed by atoms with van der Waals surface area (Å²) in [5.74, 6) is 0. The third-order valence-corrected chi connectivity index (χ3v) is 3.54. The number of rotatable bonds is 4. The first-order chi connectivity index (χ1) is 10.8. The number of nitro groups is 1. The molecule has 2 rings (SSSR count). The van der Waals surface area contributed by atoms with Crippen molar-refractivity contribution in [3.05, 3.63) is 28.6 Å². The molecule has 2 heterocycles. The van der Waals surface area contributed by atoms with Gasteiger partial charge in [0, 0.05) is 25.3 Å². The number of ether oxygens (including phenoxy) is 1. The predicted octanol–water partition coefficient (Wildman–Crippen LogP) is 2.48. The van der Waals surface area contributed by atoms with Gasteiger partial charge in [0.1, 0.15) is 17.5 Å². The van der Waals surface area contributed by atoms with Crippen LogP contribution in [0.3, 0.4) is 0 Å². The summed E-state index contributed by atoms with van der Waals surface area (Å²) < 4.78 is 5.21. The molecule has 1 fully saturated rings. The number of carbonyl (C=O) groups excluding carboxylic acids is 1. The van der Waals surface area contributed by atoms with E-state index in [0.717, 1.165) is 12.8 Å². The van der Waals surface area contributed by atoms with Crippen LogP contribution in [0.25, 0.3) is 0 Å². The number of carbonyl (C=O) groups is 1. The normalized spacial score (nSPS) is 17.9. The molecule has 1 aliphatic heterocycles. The highest BCUT2D eigenvalue weighted by Gasteiger charge is 2.30. The van der Waals surface area contributed by atoms with Crippen molar-refractivity contribution in [2.24, 2.45) is 0 Å². The van der Waals surface area contributed by atoms with E-state index in [4.69, 9.17) is 4.74 Å². The van der Waals surface area contributed by atoms with E-state index in [0.29, 0.717) is 18.8 Å². The first kappa shape index (κ1) is 17.0. The number of amides is 1. The maximum Gasteiger partial charge on any atom is 0.407 e. The molecule has 0 spiro atoms. The molecule has 1 aliphatic rings. The van der Waals surface area contributed by atoms with Crippen LogP contribution in [0.4, 0.5) is 16.2 Å². The molecule has 0 bridgehead atoms. The minimum Gasteiger partial charge on any atom is -0.444 e. The summed E-state index contributed by atoms with van der Waals surface area (Å²) in [7, 11) is 0. The molecule has 126 valence electrons. The maximum atomic E-state index is 11.8. The number of alkyl carbamates (subject to hydrolysis) is 1. The maximum absolute atomic E-state index is 11.8. The van der Waals surface area contributed by atoms with E-state index < -0.39 is 16.6 Å². The van der Waals surface area contributed by atoms with Crippen LogP contribution >= 0.6 is 0 Å². The van der Waals surface area contributed by atoms with Gasteiger partial charge in [-0.1, -0.05) is 0 Å². The van der Waals surface area contributed by atoms with Crippen molar-refractivity contribution in [1.29, 1.82) is 0 Å². The average Bonchev–Trinajstić information content (AvgIpc) is 2.91. The number of hydrogen-bond acceptors (Lipinski definition) is 6. The van der Waals surface area contributed by atoms with Crippen LogP contribution in [0.5, 0.6) is 0 Å². The van der Waals surface area contributed by atoms with E-state index in [1.807, 2.05) is 4.90 Å². The average molecular weight is 322 g/mol. The van der Waals surface area contributed by atoms with Crippen molar-refractivity contribution in [1.82, 2.24) is 10.3 Å². The van der Waals surface area contributed by atoms with Gasteiger partial charge in [-0.05, 0) is 39.7 Å². The van der Waals surface area contributed by atoms with Crippen LogP contribution < -0.4 is 10.2 Å². The lowest BCUT2D eigenvalue weighted by molar-refractivity contribution is -0.384. The van der Waals surface area contributed by atoms with Gasteiger partial charge >= 0.3 is 11.8 Å². The van der Waals surface area contributed by atoms with Gasteiger partial charge in [0.15, 0.2) is 0 Å². The molecule has 0 saturated carbocycles. The summed E-state index contributed by atoms with van der Waals surface area (Å²) >= 11 is 0. The molecule has 1 aromatic rings. The Morgan fingerprint density at radius 1 is 1.57 bits per heavy atom. The fourth-order valence-electron chi connectivity index (χ4n) is 2.64. The molecule has 1 saturated heterocycles. The zero-order valence-electron chi connectivity index (χ0n) is 13.6. The number of pyridine rings is 1. The zero-order valence-corrected chi connectivity index (χ0v) is 13.6. The summed E-state index contributed by atoms with van der Waals surface area (Å²) in [6.07, 6.45) is 4.09. The van der Waals surface area contributed by atoms with Crippen LogP contribution in [0.2, 0.25) is 0 Å². The minimum atomic E-state index is -0.552. The Balaban J connectivity index is 2.04. The lowest BCUT2D eigenvalue weighted by Crippen LogP contribution is -2.42. The number of hydrogen-bond donors (Lipinski definition) is 1. The molecule has 23 heavy (non-hydrogen) atoms. The Kier molecular flexibility index (Phi) is 5.02. The van der Waals surface area contributed by atoms with E-state index in [1.165, 1.54) is 6.20 Å². The third-order valence-electron chi connectivity index (χ3n) is 3.54.